The predicted octanol–water partition coefficient (Wildman–Crippen LogP) is 1.51. The SMILES string of the molecule is COc1cc(C)ccc1CNC[C@@H]1CCC(O)N1C. The Balaban J connectivity index is 1.86. The molecule has 0 saturated carbocycles. The highest BCUT2D eigenvalue weighted by Crippen LogP contribution is 2.21. The van der Waals surface area contributed by atoms with Crippen LogP contribution in [0.15, 0.2) is 18.2 Å². The minimum atomic E-state index is -0.277. The summed E-state index contributed by atoms with van der Waals surface area (Å²) >= 11 is 0. The van der Waals surface area contributed by atoms with Crippen LogP contribution < -0.4 is 10.1 Å². The number of methoxy groups -OCH3 is 1. The van der Waals surface area contributed by atoms with Crippen molar-refractivity contribution in [3.63, 3.8) is 0 Å². The van der Waals surface area contributed by atoms with E-state index >= 15 is 0 Å². The van der Waals surface area contributed by atoms with Gasteiger partial charge in [0.15, 0.2) is 0 Å². The molecule has 0 radical (unpaired) electrons. The minimum absolute atomic E-state index is 0.277. The van der Waals surface area contributed by atoms with Crippen LogP contribution >= 0.6 is 0 Å². The molecule has 0 aromatic heterocycles. The Labute approximate surface area is 115 Å². The van der Waals surface area contributed by atoms with Crippen molar-refractivity contribution in [2.45, 2.75) is 38.6 Å². The summed E-state index contributed by atoms with van der Waals surface area (Å²) < 4.78 is 5.40. The van der Waals surface area contributed by atoms with E-state index in [1.54, 1.807) is 7.11 Å². The van der Waals surface area contributed by atoms with E-state index in [0.29, 0.717) is 6.04 Å². The Hall–Kier alpha value is -1.10. The molecule has 0 spiro atoms. The van der Waals surface area contributed by atoms with Gasteiger partial charge in [-0.05, 0) is 38.4 Å². The molecule has 1 aromatic carbocycles. The van der Waals surface area contributed by atoms with Crippen molar-refractivity contribution >= 4 is 0 Å². The second kappa shape index (κ2) is 6.37. The maximum absolute atomic E-state index is 9.68. The molecule has 2 rings (SSSR count). The van der Waals surface area contributed by atoms with Gasteiger partial charge in [-0.25, -0.2) is 0 Å². The van der Waals surface area contributed by atoms with E-state index in [1.807, 2.05) is 11.9 Å². The number of aryl methyl sites for hydroxylation is 1. The number of nitrogens with zero attached hydrogens (tertiary/aromatic N) is 1. The van der Waals surface area contributed by atoms with Crippen LogP contribution in [0.3, 0.4) is 0 Å². The first kappa shape index (κ1) is 14.3. The molecule has 19 heavy (non-hydrogen) atoms. The summed E-state index contributed by atoms with van der Waals surface area (Å²) in [6.45, 7) is 3.75. The number of hydrogen-bond donors (Lipinski definition) is 2. The number of rotatable bonds is 5. The number of likely N-dealkylation sites (tertiary alicyclic amines) is 1. The number of aliphatic hydroxyl groups is 1. The summed E-state index contributed by atoms with van der Waals surface area (Å²) in [4.78, 5) is 2.04. The van der Waals surface area contributed by atoms with Crippen LogP contribution in [-0.4, -0.2) is 43.0 Å². The number of hydrogen-bond acceptors (Lipinski definition) is 4. The molecule has 1 fully saturated rings. The molecule has 2 atom stereocenters. The van der Waals surface area contributed by atoms with E-state index in [1.165, 1.54) is 11.1 Å². The fraction of sp³-hybridized carbons (Fsp3) is 0.600. The molecule has 2 N–H and O–H groups in total. The van der Waals surface area contributed by atoms with E-state index in [2.05, 4.69) is 30.4 Å². The Morgan fingerprint density at radius 3 is 2.84 bits per heavy atom. The Kier molecular flexibility index (Phi) is 4.80. The van der Waals surface area contributed by atoms with Crippen LogP contribution in [0.5, 0.6) is 5.75 Å². The molecular weight excluding hydrogens is 240 g/mol. The molecule has 4 nitrogen and oxygen atoms in total. The van der Waals surface area contributed by atoms with Gasteiger partial charge in [-0.1, -0.05) is 12.1 Å². The van der Waals surface area contributed by atoms with Gasteiger partial charge in [0.2, 0.25) is 0 Å². The third-order valence-corrected chi connectivity index (χ3v) is 3.94. The second-order valence-corrected chi connectivity index (χ2v) is 5.32. The van der Waals surface area contributed by atoms with E-state index in [4.69, 9.17) is 4.74 Å². The van der Waals surface area contributed by atoms with Crippen molar-refractivity contribution in [3.8, 4) is 5.75 Å². The third-order valence-electron chi connectivity index (χ3n) is 3.94. The van der Waals surface area contributed by atoms with Crippen molar-refractivity contribution in [2.75, 3.05) is 20.7 Å². The monoisotopic (exact) mass is 264 g/mol. The van der Waals surface area contributed by atoms with E-state index < -0.39 is 0 Å². The van der Waals surface area contributed by atoms with Crippen LogP contribution in [-0.2, 0) is 6.54 Å². The van der Waals surface area contributed by atoms with Gasteiger partial charge in [-0.2, -0.15) is 0 Å². The first-order valence-electron chi connectivity index (χ1n) is 6.86. The van der Waals surface area contributed by atoms with Crippen molar-refractivity contribution < 1.29 is 9.84 Å². The van der Waals surface area contributed by atoms with Gasteiger partial charge in [0.05, 0.1) is 7.11 Å². The van der Waals surface area contributed by atoms with Gasteiger partial charge in [0, 0.05) is 24.7 Å². The summed E-state index contributed by atoms with van der Waals surface area (Å²) in [6, 6.07) is 6.69. The molecule has 1 aliphatic heterocycles. The first-order valence-corrected chi connectivity index (χ1v) is 6.86. The van der Waals surface area contributed by atoms with Crippen LogP contribution in [0.2, 0.25) is 0 Å². The predicted molar refractivity (Wildman–Crippen MR) is 76.2 cm³/mol. The fourth-order valence-corrected chi connectivity index (χ4v) is 2.61. The number of nitrogens with one attached hydrogen (secondary N) is 1. The lowest BCUT2D eigenvalue weighted by Crippen LogP contribution is -2.38. The maximum atomic E-state index is 9.68. The summed E-state index contributed by atoms with van der Waals surface area (Å²) in [5.74, 6) is 0.937. The summed E-state index contributed by atoms with van der Waals surface area (Å²) in [5, 5.41) is 13.1. The standard InChI is InChI=1S/C15H24N2O2/c1-11-4-5-12(14(8-11)19-3)9-16-10-13-6-7-15(18)17(13)2/h4-5,8,13,15-16,18H,6-7,9-10H2,1-3H3/t13-,15?/m0/s1. The van der Waals surface area contributed by atoms with Crippen LogP contribution in [0.4, 0.5) is 0 Å². The lowest BCUT2D eigenvalue weighted by molar-refractivity contribution is 0.0377. The second-order valence-electron chi connectivity index (χ2n) is 5.32. The summed E-state index contributed by atoms with van der Waals surface area (Å²) in [5.41, 5.74) is 2.38. The Bertz CT molecular complexity index is 423. The minimum Gasteiger partial charge on any atom is -0.496 e. The molecule has 4 heteroatoms. The largest absolute Gasteiger partial charge is 0.496 e. The van der Waals surface area contributed by atoms with Crippen molar-refractivity contribution in [3.05, 3.63) is 29.3 Å². The normalized spacial score (nSPS) is 23.8. The molecule has 106 valence electrons. The smallest absolute Gasteiger partial charge is 0.123 e. The maximum Gasteiger partial charge on any atom is 0.123 e. The van der Waals surface area contributed by atoms with Gasteiger partial charge in [0.25, 0.3) is 0 Å². The van der Waals surface area contributed by atoms with Crippen LogP contribution in [0.25, 0.3) is 0 Å². The van der Waals surface area contributed by atoms with Gasteiger partial charge >= 0.3 is 0 Å². The number of benzene rings is 1. The highest BCUT2D eigenvalue weighted by molar-refractivity contribution is 5.36. The zero-order valence-corrected chi connectivity index (χ0v) is 12.0. The summed E-state index contributed by atoms with van der Waals surface area (Å²) in [7, 11) is 3.69. The number of ether oxygens (including phenoxy) is 1. The fourth-order valence-electron chi connectivity index (χ4n) is 2.61. The van der Waals surface area contributed by atoms with Crippen molar-refractivity contribution in [2.24, 2.45) is 0 Å². The highest BCUT2D eigenvalue weighted by Gasteiger charge is 2.27. The third kappa shape index (κ3) is 3.47. The molecule has 0 aliphatic carbocycles. The van der Waals surface area contributed by atoms with Gasteiger partial charge in [0.1, 0.15) is 12.0 Å². The van der Waals surface area contributed by atoms with Crippen molar-refractivity contribution in [1.82, 2.24) is 10.2 Å². The number of likely N-dealkylation sites (N-methyl/N-ethyl adjacent to an activating group) is 1. The van der Waals surface area contributed by atoms with E-state index in [9.17, 15) is 5.11 Å². The summed E-state index contributed by atoms with van der Waals surface area (Å²) in [6.07, 6.45) is 1.65. The lowest BCUT2D eigenvalue weighted by Gasteiger charge is -2.22. The first-order chi connectivity index (χ1) is 9.11. The van der Waals surface area contributed by atoms with Crippen LogP contribution in [0.1, 0.15) is 24.0 Å². The van der Waals surface area contributed by atoms with Crippen LogP contribution in [0, 0.1) is 6.92 Å². The van der Waals surface area contributed by atoms with Gasteiger partial charge < -0.3 is 15.2 Å². The molecule has 1 aromatic rings. The van der Waals surface area contributed by atoms with Gasteiger partial charge in [-0.15, -0.1) is 0 Å². The van der Waals surface area contributed by atoms with E-state index in [-0.39, 0.29) is 6.23 Å². The zero-order chi connectivity index (χ0) is 13.8. The zero-order valence-electron chi connectivity index (χ0n) is 12.0. The topological polar surface area (TPSA) is 44.7 Å². The van der Waals surface area contributed by atoms with Crippen molar-refractivity contribution in [1.29, 1.82) is 0 Å². The average Bonchev–Trinajstić information content (AvgIpc) is 2.72. The molecule has 1 unspecified atom stereocenters. The Morgan fingerprint density at radius 2 is 2.21 bits per heavy atom. The quantitative estimate of drug-likeness (QED) is 0.846. The Morgan fingerprint density at radius 1 is 1.42 bits per heavy atom. The molecular formula is C15H24N2O2. The van der Waals surface area contributed by atoms with Gasteiger partial charge in [-0.3, -0.25) is 4.90 Å². The highest BCUT2D eigenvalue weighted by atomic mass is 16.5. The number of aliphatic hydroxyl groups excluding tert-OH is 1. The lowest BCUT2D eigenvalue weighted by atomic mass is 10.1. The molecule has 0 bridgehead atoms. The molecule has 1 heterocycles. The molecule has 1 saturated heterocycles. The molecule has 0 amide bonds. The van der Waals surface area contributed by atoms with E-state index in [0.717, 1.165) is 31.7 Å². The average molecular weight is 264 g/mol. The molecule has 1 aliphatic rings.